The summed E-state index contributed by atoms with van der Waals surface area (Å²) in [5.41, 5.74) is 1.78. The van der Waals surface area contributed by atoms with Gasteiger partial charge in [0.2, 0.25) is 5.91 Å². The SMILES string of the molecule is C=CCn1c(=O)sc2cc(N(C(C)=O)[Si](C)(C)C(C)(C)C)ccc21. The zero-order valence-corrected chi connectivity index (χ0v) is 17.2. The van der Waals surface area contributed by atoms with Crippen LogP contribution < -0.4 is 9.44 Å². The van der Waals surface area contributed by atoms with Gasteiger partial charge in [0.05, 0.1) is 10.2 Å². The molecule has 2 aromatic rings. The summed E-state index contributed by atoms with van der Waals surface area (Å²) in [6.07, 6.45) is 1.72. The third kappa shape index (κ3) is 3.12. The van der Waals surface area contributed by atoms with E-state index in [2.05, 4.69) is 40.4 Å². The summed E-state index contributed by atoms with van der Waals surface area (Å²) < 4.78 is 4.58. The molecule has 0 saturated carbocycles. The molecule has 0 bridgehead atoms. The van der Waals surface area contributed by atoms with Gasteiger partial charge in [0.1, 0.15) is 0 Å². The minimum absolute atomic E-state index is 0.00347. The van der Waals surface area contributed by atoms with Crippen molar-refractivity contribution in [3.05, 3.63) is 40.5 Å². The van der Waals surface area contributed by atoms with Crippen LogP contribution in [0.4, 0.5) is 5.69 Å². The van der Waals surface area contributed by atoms with Gasteiger partial charge in [-0.05, 0) is 23.2 Å². The molecule has 0 saturated heterocycles. The van der Waals surface area contributed by atoms with E-state index in [-0.39, 0.29) is 15.8 Å². The molecular weight excluding hydrogens is 336 g/mol. The van der Waals surface area contributed by atoms with E-state index in [1.807, 2.05) is 22.8 Å². The first-order valence-electron chi connectivity index (χ1n) is 8.06. The standard InChI is InChI=1S/C18H26N2O2SSi/c1-8-11-19-15-10-9-14(12-16(15)23-17(19)22)20(13(2)21)24(6,7)18(3,4)5/h8-10,12H,1,11H2,2-7H3. The molecule has 1 heterocycles. The van der Waals surface area contributed by atoms with Crippen LogP contribution in [0.15, 0.2) is 35.6 Å². The van der Waals surface area contributed by atoms with E-state index in [1.54, 1.807) is 17.6 Å². The Hall–Kier alpha value is -1.66. The van der Waals surface area contributed by atoms with Crippen molar-refractivity contribution in [1.29, 1.82) is 0 Å². The van der Waals surface area contributed by atoms with Gasteiger partial charge in [-0.2, -0.15) is 0 Å². The second-order valence-electron chi connectivity index (χ2n) is 7.58. The number of benzene rings is 1. The lowest BCUT2D eigenvalue weighted by Crippen LogP contribution is -2.57. The topological polar surface area (TPSA) is 42.3 Å². The van der Waals surface area contributed by atoms with Crippen LogP contribution in [0, 0.1) is 0 Å². The third-order valence-corrected chi connectivity index (χ3v) is 11.2. The monoisotopic (exact) mass is 362 g/mol. The largest absolute Gasteiger partial charge is 0.340 e. The molecule has 1 amide bonds. The molecule has 0 N–H and O–H groups in total. The molecule has 130 valence electrons. The summed E-state index contributed by atoms with van der Waals surface area (Å²) in [6.45, 7) is 16.8. The van der Waals surface area contributed by atoms with E-state index in [9.17, 15) is 9.59 Å². The molecule has 4 nitrogen and oxygen atoms in total. The predicted octanol–water partition coefficient (Wildman–Crippen LogP) is 4.61. The Morgan fingerprint density at radius 2 is 2.00 bits per heavy atom. The van der Waals surface area contributed by atoms with E-state index >= 15 is 0 Å². The molecular formula is C18H26N2O2SSi. The highest BCUT2D eigenvalue weighted by Crippen LogP contribution is 2.41. The number of anilines is 1. The molecule has 2 rings (SSSR count). The van der Waals surface area contributed by atoms with Gasteiger partial charge >= 0.3 is 4.87 Å². The third-order valence-electron chi connectivity index (χ3n) is 4.93. The summed E-state index contributed by atoms with van der Waals surface area (Å²) in [5, 5.41) is 0.0372. The van der Waals surface area contributed by atoms with Gasteiger partial charge in [-0.15, -0.1) is 6.58 Å². The van der Waals surface area contributed by atoms with Crippen molar-refractivity contribution in [2.45, 2.75) is 52.4 Å². The van der Waals surface area contributed by atoms with E-state index < -0.39 is 8.24 Å². The Bertz CT molecular complexity index is 843. The number of carbonyl (C=O) groups excluding carboxylic acids is 1. The Morgan fingerprint density at radius 1 is 1.38 bits per heavy atom. The van der Waals surface area contributed by atoms with Gasteiger partial charge in [-0.3, -0.25) is 14.2 Å². The number of allylic oxidation sites excluding steroid dienone is 1. The number of hydrogen-bond donors (Lipinski definition) is 0. The van der Waals surface area contributed by atoms with Crippen molar-refractivity contribution >= 4 is 41.4 Å². The molecule has 6 heteroatoms. The first-order chi connectivity index (χ1) is 11.0. The molecule has 0 atom stereocenters. The summed E-state index contributed by atoms with van der Waals surface area (Å²) >= 11 is 1.22. The average Bonchev–Trinajstić information content (AvgIpc) is 2.73. The number of aromatic nitrogens is 1. The smallest absolute Gasteiger partial charge is 0.308 e. The number of fused-ring (bicyclic) bond motifs is 1. The Morgan fingerprint density at radius 3 is 2.50 bits per heavy atom. The number of rotatable bonds is 4. The van der Waals surface area contributed by atoms with Crippen molar-refractivity contribution in [3.8, 4) is 0 Å². The van der Waals surface area contributed by atoms with Gasteiger partial charge in [0, 0.05) is 19.2 Å². The predicted molar refractivity (Wildman–Crippen MR) is 107 cm³/mol. The Balaban J connectivity index is 2.63. The summed E-state index contributed by atoms with van der Waals surface area (Å²) in [6, 6.07) is 5.87. The van der Waals surface area contributed by atoms with Crippen LogP contribution in [-0.4, -0.2) is 18.7 Å². The maximum Gasteiger partial charge on any atom is 0.308 e. The number of amides is 1. The normalized spacial score (nSPS) is 12.4. The summed E-state index contributed by atoms with van der Waals surface area (Å²) in [4.78, 5) is 24.6. The Kier molecular flexibility index (Phi) is 4.93. The van der Waals surface area contributed by atoms with Crippen LogP contribution in [-0.2, 0) is 11.3 Å². The fourth-order valence-electron chi connectivity index (χ4n) is 2.73. The van der Waals surface area contributed by atoms with Crippen molar-refractivity contribution in [1.82, 2.24) is 4.57 Å². The minimum Gasteiger partial charge on any atom is -0.340 e. The molecule has 0 fully saturated rings. The lowest BCUT2D eigenvalue weighted by molar-refractivity contribution is -0.115. The fraction of sp³-hybridized carbons (Fsp3) is 0.444. The first-order valence-corrected chi connectivity index (χ1v) is 11.8. The Labute approximate surface area is 148 Å². The number of nitrogens with zero attached hydrogens (tertiary/aromatic N) is 2. The maximum absolute atomic E-state index is 12.4. The van der Waals surface area contributed by atoms with E-state index in [1.165, 1.54) is 11.3 Å². The van der Waals surface area contributed by atoms with Crippen molar-refractivity contribution in [2.75, 3.05) is 4.57 Å². The van der Waals surface area contributed by atoms with Crippen LogP contribution >= 0.6 is 11.3 Å². The highest BCUT2D eigenvalue weighted by Gasteiger charge is 2.43. The number of carbonyl (C=O) groups is 1. The quantitative estimate of drug-likeness (QED) is 0.589. The average molecular weight is 363 g/mol. The van der Waals surface area contributed by atoms with E-state index in [4.69, 9.17) is 0 Å². The van der Waals surface area contributed by atoms with Crippen molar-refractivity contribution < 1.29 is 4.79 Å². The number of hydrogen-bond acceptors (Lipinski definition) is 3. The van der Waals surface area contributed by atoms with E-state index in [0.29, 0.717) is 6.54 Å². The minimum atomic E-state index is -2.06. The molecule has 0 aliphatic heterocycles. The zero-order valence-electron chi connectivity index (χ0n) is 15.3. The van der Waals surface area contributed by atoms with Crippen LogP contribution in [0.3, 0.4) is 0 Å². The fourth-order valence-corrected chi connectivity index (χ4v) is 5.91. The molecule has 0 aliphatic rings. The van der Waals surface area contributed by atoms with Gasteiger partial charge in [-0.1, -0.05) is 51.3 Å². The van der Waals surface area contributed by atoms with Gasteiger partial charge in [-0.25, -0.2) is 0 Å². The molecule has 1 aromatic carbocycles. The van der Waals surface area contributed by atoms with Crippen LogP contribution in [0.5, 0.6) is 0 Å². The molecule has 1 aromatic heterocycles. The summed E-state index contributed by atoms with van der Waals surface area (Å²) in [5.74, 6) is 0.0545. The highest BCUT2D eigenvalue weighted by molar-refractivity contribution is 7.16. The molecule has 0 aliphatic carbocycles. The lowest BCUT2D eigenvalue weighted by atomic mass is 10.2. The summed E-state index contributed by atoms with van der Waals surface area (Å²) in [7, 11) is -2.06. The van der Waals surface area contributed by atoms with Gasteiger partial charge in [0.25, 0.3) is 0 Å². The lowest BCUT2D eigenvalue weighted by Gasteiger charge is -2.45. The molecule has 0 spiro atoms. The molecule has 24 heavy (non-hydrogen) atoms. The first kappa shape index (κ1) is 18.7. The van der Waals surface area contributed by atoms with Gasteiger partial charge < -0.3 is 4.57 Å². The highest BCUT2D eigenvalue weighted by atomic mass is 32.1. The van der Waals surface area contributed by atoms with Crippen molar-refractivity contribution in [2.24, 2.45) is 0 Å². The number of thiazole rings is 1. The van der Waals surface area contributed by atoms with E-state index in [0.717, 1.165) is 15.9 Å². The van der Waals surface area contributed by atoms with Gasteiger partial charge in [0.15, 0.2) is 8.24 Å². The zero-order chi connectivity index (χ0) is 18.3. The second-order valence-corrected chi connectivity index (χ2v) is 13.6. The molecule has 0 radical (unpaired) electrons. The van der Waals surface area contributed by atoms with Crippen LogP contribution in [0.1, 0.15) is 27.7 Å². The maximum atomic E-state index is 12.4. The molecule has 0 unspecified atom stereocenters. The van der Waals surface area contributed by atoms with Crippen LogP contribution in [0.25, 0.3) is 10.2 Å². The van der Waals surface area contributed by atoms with Crippen LogP contribution in [0.2, 0.25) is 18.1 Å². The van der Waals surface area contributed by atoms with Crippen molar-refractivity contribution in [3.63, 3.8) is 0 Å². The second kappa shape index (κ2) is 6.33.